The van der Waals surface area contributed by atoms with Crippen LogP contribution in [-0.2, 0) is 20.7 Å². The van der Waals surface area contributed by atoms with E-state index in [9.17, 15) is 14.9 Å². The molecular formula is C23H22N6O3S. The van der Waals surface area contributed by atoms with Crippen LogP contribution in [0.4, 0.5) is 11.5 Å². The average molecular weight is 463 g/mol. The van der Waals surface area contributed by atoms with Crippen LogP contribution in [0, 0.1) is 11.3 Å². The summed E-state index contributed by atoms with van der Waals surface area (Å²) < 4.78 is 4.67. The highest BCUT2D eigenvalue weighted by atomic mass is 32.1. The van der Waals surface area contributed by atoms with Gasteiger partial charge in [0.15, 0.2) is 0 Å². The van der Waals surface area contributed by atoms with Crippen molar-refractivity contribution in [2.75, 3.05) is 18.2 Å². The third-order valence-electron chi connectivity index (χ3n) is 4.71. The van der Waals surface area contributed by atoms with E-state index in [0.29, 0.717) is 34.8 Å². The van der Waals surface area contributed by atoms with Gasteiger partial charge in [-0.05, 0) is 24.3 Å². The summed E-state index contributed by atoms with van der Waals surface area (Å²) in [6.07, 6.45) is 0.631. The smallest absolute Gasteiger partial charge is 0.305 e. The Morgan fingerprint density at radius 1 is 1.18 bits per heavy atom. The summed E-state index contributed by atoms with van der Waals surface area (Å²) in [4.78, 5) is 36.1. The number of aromatic nitrogens is 3. The number of anilines is 2. The van der Waals surface area contributed by atoms with E-state index in [4.69, 9.17) is 5.73 Å². The minimum Gasteiger partial charge on any atom is -0.469 e. The van der Waals surface area contributed by atoms with Crippen LogP contribution in [-0.4, -0.2) is 33.9 Å². The number of nitrogens with zero attached hydrogens (tertiary/aromatic N) is 4. The van der Waals surface area contributed by atoms with Crippen molar-refractivity contribution in [3.05, 3.63) is 65.2 Å². The van der Waals surface area contributed by atoms with Gasteiger partial charge in [-0.3, -0.25) is 14.6 Å². The molecule has 0 saturated heterocycles. The number of nitriles is 1. The van der Waals surface area contributed by atoms with Gasteiger partial charge < -0.3 is 15.8 Å². The molecule has 1 unspecified atom stereocenters. The van der Waals surface area contributed by atoms with Crippen LogP contribution >= 0.6 is 12.6 Å². The van der Waals surface area contributed by atoms with Gasteiger partial charge in [-0.1, -0.05) is 18.2 Å². The molecule has 3 aromatic rings. The molecule has 0 radical (unpaired) electrons. The van der Waals surface area contributed by atoms with Crippen LogP contribution in [0.1, 0.15) is 41.4 Å². The number of nitrogen functional groups attached to an aromatic ring is 1. The maximum atomic E-state index is 11.4. The van der Waals surface area contributed by atoms with Crippen molar-refractivity contribution in [1.29, 1.82) is 5.26 Å². The number of hydrogen-bond acceptors (Lipinski definition) is 9. The van der Waals surface area contributed by atoms with Crippen molar-refractivity contribution in [3.63, 3.8) is 0 Å². The summed E-state index contributed by atoms with van der Waals surface area (Å²) in [6, 6.07) is 14.3. The zero-order valence-electron chi connectivity index (χ0n) is 18.1. The molecule has 3 rings (SSSR count). The van der Waals surface area contributed by atoms with Crippen molar-refractivity contribution < 1.29 is 14.3 Å². The Hall–Kier alpha value is -3.97. The number of benzene rings is 1. The molecule has 0 saturated carbocycles. The fourth-order valence-corrected chi connectivity index (χ4v) is 3.37. The number of hydrogen-bond donors (Lipinski definition) is 3. The topological polar surface area (TPSA) is 144 Å². The number of aryl methyl sites for hydroxylation is 1. The molecule has 9 nitrogen and oxygen atoms in total. The van der Waals surface area contributed by atoms with Gasteiger partial charge in [0, 0.05) is 30.3 Å². The Labute approximate surface area is 196 Å². The number of ether oxygens (including phenoxy) is 1. The molecule has 33 heavy (non-hydrogen) atoms. The van der Waals surface area contributed by atoms with E-state index in [-0.39, 0.29) is 35.5 Å². The summed E-state index contributed by atoms with van der Waals surface area (Å²) in [7, 11) is 1.34. The maximum absolute atomic E-state index is 11.4. The molecule has 0 aliphatic heterocycles. The van der Waals surface area contributed by atoms with E-state index >= 15 is 0 Å². The van der Waals surface area contributed by atoms with E-state index in [0.717, 1.165) is 0 Å². The van der Waals surface area contributed by atoms with E-state index in [1.165, 1.54) is 14.0 Å². The van der Waals surface area contributed by atoms with Crippen LogP contribution < -0.4 is 11.1 Å². The second kappa shape index (κ2) is 10.6. The third kappa shape index (κ3) is 5.84. The first kappa shape index (κ1) is 23.7. The molecular weight excluding hydrogens is 440 g/mol. The number of esters is 1. The van der Waals surface area contributed by atoms with Crippen LogP contribution in [0.2, 0.25) is 0 Å². The number of carbonyl (C=O) groups is 2. The molecule has 1 aromatic carbocycles. The average Bonchev–Trinajstić information content (AvgIpc) is 2.81. The van der Waals surface area contributed by atoms with E-state index in [1.807, 2.05) is 12.1 Å². The van der Waals surface area contributed by atoms with Crippen molar-refractivity contribution in [2.45, 2.75) is 25.0 Å². The fourth-order valence-electron chi connectivity index (χ4n) is 3.11. The molecule has 0 aliphatic carbocycles. The quantitative estimate of drug-likeness (QED) is 0.359. The summed E-state index contributed by atoms with van der Waals surface area (Å²) in [5, 5.41) is 11.7. The molecule has 1 atom stereocenters. The normalized spacial score (nSPS) is 11.3. The molecule has 0 spiro atoms. The number of methoxy groups -OCH3 is 1. The van der Waals surface area contributed by atoms with Gasteiger partial charge in [-0.25, -0.2) is 9.97 Å². The van der Waals surface area contributed by atoms with Crippen molar-refractivity contribution in [1.82, 2.24) is 15.0 Å². The van der Waals surface area contributed by atoms with Gasteiger partial charge in [0.05, 0.1) is 24.9 Å². The molecule has 2 aromatic heterocycles. The third-order valence-corrected chi connectivity index (χ3v) is 5.21. The second-order valence-electron chi connectivity index (χ2n) is 7.09. The monoisotopic (exact) mass is 462 g/mol. The predicted molar refractivity (Wildman–Crippen MR) is 126 cm³/mol. The number of nitrogens with two attached hydrogens (primary N) is 1. The first-order chi connectivity index (χ1) is 15.8. The summed E-state index contributed by atoms with van der Waals surface area (Å²) in [5.74, 6) is -0.187. The van der Waals surface area contributed by atoms with Gasteiger partial charge in [0.1, 0.15) is 28.5 Å². The highest BCUT2D eigenvalue weighted by Crippen LogP contribution is 2.31. The number of carbonyl (C=O) groups excluding carboxylic acids is 2. The van der Waals surface area contributed by atoms with Crippen LogP contribution in [0.15, 0.2) is 42.5 Å². The maximum Gasteiger partial charge on any atom is 0.305 e. The zero-order valence-corrected chi connectivity index (χ0v) is 19.0. The van der Waals surface area contributed by atoms with Crippen molar-refractivity contribution in [2.24, 2.45) is 0 Å². The van der Waals surface area contributed by atoms with Crippen LogP contribution in [0.25, 0.3) is 11.3 Å². The molecule has 10 heteroatoms. The Morgan fingerprint density at radius 2 is 1.91 bits per heavy atom. The number of thiol groups is 1. The van der Waals surface area contributed by atoms with E-state index in [1.54, 1.807) is 30.3 Å². The molecule has 1 amide bonds. The molecule has 2 heterocycles. The molecule has 0 bridgehead atoms. The lowest BCUT2D eigenvalue weighted by Crippen LogP contribution is -2.10. The first-order valence-electron chi connectivity index (χ1n) is 9.98. The SMILES string of the molecule is COC(=O)CCc1cccc(C(S)c2nc(N)c(C#N)c(-c3ccc(NC(C)=O)cc3)n2)n1. The summed E-state index contributed by atoms with van der Waals surface area (Å²) in [6.45, 7) is 1.42. The molecule has 0 fully saturated rings. The van der Waals surface area contributed by atoms with Crippen LogP contribution in [0.5, 0.6) is 0 Å². The lowest BCUT2D eigenvalue weighted by Gasteiger charge is -2.14. The summed E-state index contributed by atoms with van der Waals surface area (Å²) in [5.41, 5.74) is 9.11. The highest BCUT2D eigenvalue weighted by Gasteiger charge is 2.20. The minimum atomic E-state index is -0.615. The van der Waals surface area contributed by atoms with Gasteiger partial charge in [-0.2, -0.15) is 17.9 Å². The second-order valence-corrected chi connectivity index (χ2v) is 7.61. The lowest BCUT2D eigenvalue weighted by molar-refractivity contribution is -0.140. The van der Waals surface area contributed by atoms with E-state index < -0.39 is 5.25 Å². The van der Waals surface area contributed by atoms with Crippen LogP contribution in [0.3, 0.4) is 0 Å². The molecule has 3 N–H and O–H groups in total. The minimum absolute atomic E-state index is 0.0318. The predicted octanol–water partition coefficient (Wildman–Crippen LogP) is 3.08. The van der Waals surface area contributed by atoms with Gasteiger partial charge in [0.2, 0.25) is 5.91 Å². The number of rotatable bonds is 7. The number of nitrogens with one attached hydrogen (secondary N) is 1. The highest BCUT2D eigenvalue weighted by molar-refractivity contribution is 7.80. The van der Waals surface area contributed by atoms with Gasteiger partial charge in [0.25, 0.3) is 0 Å². The van der Waals surface area contributed by atoms with Crippen molar-refractivity contribution in [3.8, 4) is 17.3 Å². The molecule has 168 valence electrons. The number of pyridine rings is 1. The molecule has 0 aliphatic rings. The standard InChI is InChI=1S/C23H22N6O3S/c1-13(30)26-16-8-6-14(7-9-16)20-17(12-24)22(25)29-23(28-20)21(33)18-5-3-4-15(27-18)10-11-19(31)32-2/h3-9,21,33H,10-11H2,1-2H3,(H,26,30)(H2,25,28,29). The Balaban J connectivity index is 1.95. The first-order valence-corrected chi connectivity index (χ1v) is 10.5. The Bertz CT molecular complexity index is 1220. The zero-order chi connectivity index (χ0) is 24.0. The largest absolute Gasteiger partial charge is 0.469 e. The van der Waals surface area contributed by atoms with Crippen molar-refractivity contribution >= 4 is 36.0 Å². The Kier molecular flexibility index (Phi) is 7.58. The Morgan fingerprint density at radius 3 is 2.55 bits per heavy atom. The number of amides is 1. The lowest BCUT2D eigenvalue weighted by atomic mass is 10.1. The fraction of sp³-hybridized carbons (Fsp3) is 0.217. The van der Waals surface area contributed by atoms with E-state index in [2.05, 4.69) is 43.7 Å². The van der Waals surface area contributed by atoms with Gasteiger partial charge in [-0.15, -0.1) is 0 Å². The summed E-state index contributed by atoms with van der Waals surface area (Å²) >= 11 is 4.64. The van der Waals surface area contributed by atoms with Gasteiger partial charge >= 0.3 is 5.97 Å².